The minimum Gasteiger partial charge on any atom is -0.336 e. The molecule has 4 heteroatoms. The Morgan fingerprint density at radius 2 is 1.73 bits per heavy atom. The highest BCUT2D eigenvalue weighted by molar-refractivity contribution is 5.90. The molecule has 0 aliphatic heterocycles. The van der Waals surface area contributed by atoms with Crippen LogP contribution in [-0.2, 0) is 0 Å². The summed E-state index contributed by atoms with van der Waals surface area (Å²) in [5.74, 6) is 0.361. The fourth-order valence-corrected chi connectivity index (χ4v) is 3.12. The highest BCUT2D eigenvalue weighted by atomic mass is 15.1. The van der Waals surface area contributed by atoms with Crippen LogP contribution < -0.4 is 5.49 Å². The van der Waals surface area contributed by atoms with E-state index < -0.39 is 0 Å². The van der Waals surface area contributed by atoms with Gasteiger partial charge in [0.2, 0.25) is 0 Å². The molecular formula is C18H20N4. The van der Waals surface area contributed by atoms with Crippen LogP contribution in [0.5, 0.6) is 0 Å². The van der Waals surface area contributed by atoms with Gasteiger partial charge in [-0.3, -0.25) is 15.4 Å². The van der Waals surface area contributed by atoms with Gasteiger partial charge in [-0.05, 0) is 44.5 Å². The summed E-state index contributed by atoms with van der Waals surface area (Å²) in [5.41, 5.74) is 4.68. The minimum absolute atomic E-state index is 0.203. The minimum atomic E-state index is 0.203. The monoisotopic (exact) mass is 292 g/mol. The van der Waals surface area contributed by atoms with E-state index in [9.17, 15) is 0 Å². The summed E-state index contributed by atoms with van der Waals surface area (Å²) in [4.78, 5) is 0. The molecule has 0 fully saturated rings. The van der Waals surface area contributed by atoms with E-state index in [4.69, 9.17) is 10.8 Å². The lowest BCUT2D eigenvalue weighted by molar-refractivity contribution is 0.646. The summed E-state index contributed by atoms with van der Waals surface area (Å²) >= 11 is 0. The maximum absolute atomic E-state index is 8.05. The zero-order chi connectivity index (χ0) is 15.9. The number of hydrogen-bond donors (Lipinski definition) is 2. The first kappa shape index (κ1) is 14.3. The van der Waals surface area contributed by atoms with E-state index in [1.165, 1.54) is 5.56 Å². The molecule has 0 unspecified atom stereocenters. The topological polar surface area (TPSA) is 57.6 Å². The van der Waals surface area contributed by atoms with Gasteiger partial charge < -0.3 is 4.57 Å². The first-order valence-corrected chi connectivity index (χ1v) is 7.39. The van der Waals surface area contributed by atoms with Crippen molar-refractivity contribution < 1.29 is 0 Å². The molecule has 1 aromatic carbocycles. The molecule has 0 bridgehead atoms. The van der Waals surface area contributed by atoms with Crippen molar-refractivity contribution >= 4 is 16.9 Å². The number of hydrogen-bond acceptors (Lipinski definition) is 2. The molecule has 2 N–H and O–H groups in total. The molecule has 3 aromatic rings. The van der Waals surface area contributed by atoms with E-state index in [0.29, 0.717) is 11.3 Å². The fraction of sp³-hybridized carbons (Fsp3) is 0.222. The Bertz CT molecular complexity index is 900. The Labute approximate surface area is 129 Å². The second-order valence-electron chi connectivity index (χ2n) is 5.65. The average Bonchev–Trinajstić information content (AvgIpc) is 2.82. The van der Waals surface area contributed by atoms with Crippen molar-refractivity contribution in [1.82, 2.24) is 9.13 Å². The molecule has 0 saturated carbocycles. The molecule has 0 amide bonds. The number of pyridine rings is 1. The lowest BCUT2D eigenvalue weighted by Gasteiger charge is -2.18. The van der Waals surface area contributed by atoms with Crippen molar-refractivity contribution in [3.63, 3.8) is 0 Å². The molecule has 1 atom stereocenters. The Morgan fingerprint density at radius 1 is 1.05 bits per heavy atom. The number of rotatable bonds is 2. The molecule has 4 nitrogen and oxygen atoms in total. The summed E-state index contributed by atoms with van der Waals surface area (Å²) in [5, 5.41) is 16.0. The van der Waals surface area contributed by atoms with Gasteiger partial charge in [0.05, 0.1) is 17.1 Å². The maximum atomic E-state index is 8.05. The van der Waals surface area contributed by atoms with E-state index >= 15 is 0 Å². The Balaban J connectivity index is 2.28. The van der Waals surface area contributed by atoms with Gasteiger partial charge >= 0.3 is 0 Å². The summed E-state index contributed by atoms with van der Waals surface area (Å²) in [6, 6.07) is 16.4. The van der Waals surface area contributed by atoms with Crippen molar-refractivity contribution in [3.05, 3.63) is 65.3 Å². The summed E-state index contributed by atoms with van der Waals surface area (Å²) in [7, 11) is 0. The molecule has 22 heavy (non-hydrogen) atoms. The zero-order valence-corrected chi connectivity index (χ0v) is 13.1. The molecule has 112 valence electrons. The van der Waals surface area contributed by atoms with Crippen LogP contribution in [0.25, 0.3) is 11.0 Å². The summed E-state index contributed by atoms with van der Waals surface area (Å²) in [6.45, 7) is 5.97. The Hall–Kier alpha value is -2.62. The molecule has 2 aromatic heterocycles. The third kappa shape index (κ3) is 2.17. The highest BCUT2D eigenvalue weighted by Gasteiger charge is 2.16. The van der Waals surface area contributed by atoms with Crippen molar-refractivity contribution in [2.24, 2.45) is 0 Å². The normalized spacial score (nSPS) is 12.5. The van der Waals surface area contributed by atoms with Crippen LogP contribution in [0.15, 0.2) is 48.5 Å². The van der Waals surface area contributed by atoms with Crippen LogP contribution in [0.4, 0.5) is 0 Å². The van der Waals surface area contributed by atoms with Gasteiger partial charge in [-0.15, -0.1) is 0 Å². The zero-order valence-electron chi connectivity index (χ0n) is 13.1. The summed E-state index contributed by atoms with van der Waals surface area (Å²) in [6.07, 6.45) is 0. The Kier molecular flexibility index (Phi) is 3.45. The van der Waals surface area contributed by atoms with Gasteiger partial charge in [0.1, 0.15) is 11.3 Å². The van der Waals surface area contributed by atoms with Crippen molar-refractivity contribution in [1.29, 1.82) is 10.8 Å². The third-order valence-electron chi connectivity index (χ3n) is 4.13. The summed E-state index contributed by atoms with van der Waals surface area (Å²) < 4.78 is 3.94. The molecule has 0 radical (unpaired) electrons. The van der Waals surface area contributed by atoms with Crippen LogP contribution in [0.3, 0.4) is 0 Å². The molecule has 2 heterocycles. The highest BCUT2D eigenvalue weighted by Crippen LogP contribution is 2.27. The number of nitrogens with one attached hydrogen (secondary N) is 2. The molecule has 0 spiro atoms. The van der Waals surface area contributed by atoms with Gasteiger partial charge in [0, 0.05) is 5.69 Å². The smallest absolute Gasteiger partial charge is 0.130 e. The molecule has 3 rings (SSSR count). The fourth-order valence-electron chi connectivity index (χ4n) is 3.12. The Morgan fingerprint density at radius 3 is 2.36 bits per heavy atom. The van der Waals surface area contributed by atoms with E-state index in [1.54, 1.807) is 17.6 Å². The molecule has 0 aliphatic rings. The first-order valence-electron chi connectivity index (χ1n) is 7.39. The second kappa shape index (κ2) is 5.30. The van der Waals surface area contributed by atoms with Crippen LogP contribution in [0.1, 0.15) is 31.1 Å². The van der Waals surface area contributed by atoms with Crippen LogP contribution in [-0.4, -0.2) is 15.0 Å². The van der Waals surface area contributed by atoms with Crippen LogP contribution in [0.2, 0.25) is 0 Å². The molecular weight excluding hydrogens is 272 g/mol. The number of aryl methyl sites for hydroxylation is 1. The van der Waals surface area contributed by atoms with E-state index in [1.807, 2.05) is 12.1 Å². The third-order valence-corrected chi connectivity index (χ3v) is 4.13. The van der Waals surface area contributed by atoms with Gasteiger partial charge in [-0.2, -0.15) is 0 Å². The number of nitrogens with zero attached hydrogens (tertiary/aromatic N) is 2. The average molecular weight is 292 g/mol. The largest absolute Gasteiger partial charge is 0.336 e. The lowest BCUT2D eigenvalue weighted by atomic mass is 10.1. The van der Waals surface area contributed by atoms with E-state index in [2.05, 4.69) is 48.7 Å². The standard InChI is InChI=1S/C18H20N4/c1-12-11-17-16(9-10-18(20)22(17)14(3)19)21(12)13(2)15-7-5-4-6-8-15/h4-11,13,19-20H,1-3H3/t13-/m0/s1. The first-order chi connectivity index (χ1) is 10.5. The molecule has 0 saturated heterocycles. The number of benzene rings is 1. The van der Waals surface area contributed by atoms with Crippen molar-refractivity contribution in [2.45, 2.75) is 26.8 Å². The maximum Gasteiger partial charge on any atom is 0.130 e. The van der Waals surface area contributed by atoms with Crippen LogP contribution >= 0.6 is 0 Å². The van der Waals surface area contributed by atoms with Crippen molar-refractivity contribution in [3.8, 4) is 0 Å². The number of fused-ring (bicyclic) bond motifs is 1. The van der Waals surface area contributed by atoms with Crippen LogP contribution in [0, 0.1) is 17.7 Å². The van der Waals surface area contributed by atoms with Gasteiger partial charge in [0.25, 0.3) is 0 Å². The van der Waals surface area contributed by atoms with Crippen molar-refractivity contribution in [2.75, 3.05) is 0 Å². The van der Waals surface area contributed by atoms with E-state index in [-0.39, 0.29) is 6.04 Å². The lowest BCUT2D eigenvalue weighted by Crippen LogP contribution is -2.24. The van der Waals surface area contributed by atoms with Gasteiger partial charge in [0.15, 0.2) is 0 Å². The SMILES string of the molecule is CC(=N)n1c(=N)ccc2c1cc(C)n2[C@@H](C)c1ccccc1. The van der Waals surface area contributed by atoms with Gasteiger partial charge in [-0.1, -0.05) is 30.3 Å². The predicted octanol–water partition coefficient (Wildman–Crippen LogP) is 3.69. The van der Waals surface area contributed by atoms with E-state index in [0.717, 1.165) is 16.7 Å². The quantitative estimate of drug-likeness (QED) is 0.535. The second-order valence-corrected chi connectivity index (χ2v) is 5.65. The number of aromatic nitrogens is 2. The predicted molar refractivity (Wildman–Crippen MR) is 89.6 cm³/mol. The van der Waals surface area contributed by atoms with Gasteiger partial charge in [-0.25, -0.2) is 0 Å². The molecule has 0 aliphatic carbocycles.